The van der Waals surface area contributed by atoms with Gasteiger partial charge in [0.15, 0.2) is 0 Å². The van der Waals surface area contributed by atoms with E-state index in [1.54, 1.807) is 0 Å². The number of hydrogen-bond donors (Lipinski definition) is 1. The molecule has 0 aromatic carbocycles. The SMILES string of the molecule is CC(C)(C)CC1CCCN1CC(O)COCC1CCCO1. The summed E-state index contributed by atoms with van der Waals surface area (Å²) >= 11 is 0. The summed E-state index contributed by atoms with van der Waals surface area (Å²) < 4.78 is 11.1. The van der Waals surface area contributed by atoms with Crippen LogP contribution in [0.2, 0.25) is 0 Å². The molecule has 0 bridgehead atoms. The zero-order valence-corrected chi connectivity index (χ0v) is 14.0. The van der Waals surface area contributed by atoms with Crippen LogP contribution in [-0.4, -0.2) is 61.2 Å². The summed E-state index contributed by atoms with van der Waals surface area (Å²) in [5.41, 5.74) is 0.356. The number of aliphatic hydroxyl groups excluding tert-OH is 1. The summed E-state index contributed by atoms with van der Waals surface area (Å²) in [7, 11) is 0. The number of β-amino-alcohol motifs (C(OH)–C–C–N with tert-alkyl or cyclic N) is 1. The molecule has 2 fully saturated rings. The maximum Gasteiger partial charge on any atom is 0.0900 e. The van der Waals surface area contributed by atoms with Crippen LogP contribution in [0.4, 0.5) is 0 Å². The van der Waals surface area contributed by atoms with Crippen LogP contribution >= 0.6 is 0 Å². The van der Waals surface area contributed by atoms with Gasteiger partial charge >= 0.3 is 0 Å². The molecule has 2 aliphatic rings. The molecule has 4 heteroatoms. The molecule has 0 amide bonds. The van der Waals surface area contributed by atoms with Crippen molar-refractivity contribution in [1.29, 1.82) is 0 Å². The maximum absolute atomic E-state index is 10.2. The second kappa shape index (κ2) is 7.91. The molecule has 4 nitrogen and oxygen atoms in total. The van der Waals surface area contributed by atoms with Gasteiger partial charge in [-0.15, -0.1) is 0 Å². The molecule has 0 aromatic heterocycles. The van der Waals surface area contributed by atoms with Crippen molar-refractivity contribution in [3.05, 3.63) is 0 Å². The van der Waals surface area contributed by atoms with Crippen molar-refractivity contribution in [2.24, 2.45) is 5.41 Å². The number of likely N-dealkylation sites (tertiary alicyclic amines) is 1. The molecule has 2 rings (SSSR count). The molecule has 2 saturated heterocycles. The van der Waals surface area contributed by atoms with Gasteiger partial charge in [-0.3, -0.25) is 4.90 Å². The van der Waals surface area contributed by atoms with E-state index in [9.17, 15) is 5.11 Å². The van der Waals surface area contributed by atoms with Crippen LogP contribution in [0.3, 0.4) is 0 Å². The Hall–Kier alpha value is -0.160. The lowest BCUT2D eigenvalue weighted by atomic mass is 9.87. The maximum atomic E-state index is 10.2. The van der Waals surface area contributed by atoms with Crippen molar-refractivity contribution in [2.75, 3.05) is 32.9 Å². The molecule has 124 valence electrons. The van der Waals surface area contributed by atoms with Crippen LogP contribution < -0.4 is 0 Å². The van der Waals surface area contributed by atoms with Gasteiger partial charge in [-0.05, 0) is 44.1 Å². The van der Waals surface area contributed by atoms with Crippen LogP contribution in [0.15, 0.2) is 0 Å². The molecule has 2 aliphatic heterocycles. The highest BCUT2D eigenvalue weighted by Crippen LogP contribution is 2.29. The van der Waals surface area contributed by atoms with Gasteiger partial charge in [0.05, 0.1) is 25.4 Å². The topological polar surface area (TPSA) is 41.9 Å². The average molecular weight is 299 g/mol. The van der Waals surface area contributed by atoms with E-state index in [0.29, 0.717) is 24.7 Å². The minimum absolute atomic E-state index is 0.248. The first kappa shape index (κ1) is 17.2. The summed E-state index contributed by atoms with van der Waals surface area (Å²) in [5, 5.41) is 10.2. The van der Waals surface area contributed by atoms with E-state index in [1.165, 1.54) is 19.3 Å². The number of hydrogen-bond acceptors (Lipinski definition) is 4. The Kier molecular flexibility index (Phi) is 6.48. The van der Waals surface area contributed by atoms with E-state index < -0.39 is 0 Å². The highest BCUT2D eigenvalue weighted by molar-refractivity contribution is 4.84. The van der Waals surface area contributed by atoms with Gasteiger partial charge in [-0.2, -0.15) is 0 Å². The van der Waals surface area contributed by atoms with Crippen molar-refractivity contribution in [3.8, 4) is 0 Å². The lowest BCUT2D eigenvalue weighted by Gasteiger charge is -2.31. The van der Waals surface area contributed by atoms with E-state index in [0.717, 1.165) is 32.5 Å². The molecule has 0 radical (unpaired) electrons. The van der Waals surface area contributed by atoms with Crippen LogP contribution in [0.25, 0.3) is 0 Å². The smallest absolute Gasteiger partial charge is 0.0900 e. The highest BCUT2D eigenvalue weighted by atomic mass is 16.5. The van der Waals surface area contributed by atoms with Gasteiger partial charge in [0.25, 0.3) is 0 Å². The Morgan fingerprint density at radius 3 is 2.76 bits per heavy atom. The average Bonchev–Trinajstić information content (AvgIpc) is 3.00. The lowest BCUT2D eigenvalue weighted by Crippen LogP contribution is -2.40. The molecule has 0 saturated carbocycles. The van der Waals surface area contributed by atoms with Gasteiger partial charge in [-0.25, -0.2) is 0 Å². The Balaban J connectivity index is 1.64. The third-order valence-corrected chi connectivity index (χ3v) is 4.43. The van der Waals surface area contributed by atoms with E-state index >= 15 is 0 Å². The number of ether oxygens (including phenoxy) is 2. The summed E-state index contributed by atoms with van der Waals surface area (Å²) in [6, 6.07) is 0.623. The predicted molar refractivity (Wildman–Crippen MR) is 84.5 cm³/mol. The monoisotopic (exact) mass is 299 g/mol. The second-order valence-corrected chi connectivity index (χ2v) is 7.88. The van der Waals surface area contributed by atoms with E-state index in [1.807, 2.05) is 0 Å². The van der Waals surface area contributed by atoms with Crippen molar-refractivity contribution >= 4 is 0 Å². The van der Waals surface area contributed by atoms with Crippen molar-refractivity contribution in [3.63, 3.8) is 0 Å². The van der Waals surface area contributed by atoms with E-state index in [4.69, 9.17) is 9.47 Å². The van der Waals surface area contributed by atoms with E-state index in [2.05, 4.69) is 25.7 Å². The molecule has 21 heavy (non-hydrogen) atoms. The fourth-order valence-corrected chi connectivity index (χ4v) is 3.51. The second-order valence-electron chi connectivity index (χ2n) is 7.88. The van der Waals surface area contributed by atoms with Crippen molar-refractivity contribution in [1.82, 2.24) is 4.90 Å². The number of nitrogens with zero attached hydrogens (tertiary/aromatic N) is 1. The number of aliphatic hydroxyl groups is 1. The van der Waals surface area contributed by atoms with Gasteiger partial charge in [0.1, 0.15) is 0 Å². The molecule has 0 aliphatic carbocycles. The summed E-state index contributed by atoms with van der Waals surface area (Å²) in [6.07, 6.45) is 5.82. The molecular weight excluding hydrogens is 266 g/mol. The third-order valence-electron chi connectivity index (χ3n) is 4.43. The zero-order chi connectivity index (χ0) is 15.3. The normalized spacial score (nSPS) is 29.1. The standard InChI is InChI=1S/C17H33NO3/c1-17(2,3)10-14-6-4-8-18(14)11-15(19)12-20-13-16-7-5-9-21-16/h14-16,19H,4-13H2,1-3H3. The van der Waals surface area contributed by atoms with Gasteiger partial charge in [0, 0.05) is 19.2 Å². The first-order valence-corrected chi connectivity index (χ1v) is 8.55. The minimum atomic E-state index is -0.382. The zero-order valence-electron chi connectivity index (χ0n) is 14.0. The Morgan fingerprint density at radius 1 is 1.29 bits per heavy atom. The molecule has 0 spiro atoms. The molecule has 2 heterocycles. The molecule has 1 N–H and O–H groups in total. The molecule has 0 aromatic rings. The molecular formula is C17H33NO3. The van der Waals surface area contributed by atoms with Gasteiger partial charge in [0.2, 0.25) is 0 Å². The fourth-order valence-electron chi connectivity index (χ4n) is 3.51. The quantitative estimate of drug-likeness (QED) is 0.784. The predicted octanol–water partition coefficient (Wildman–Crippen LogP) is 2.44. The van der Waals surface area contributed by atoms with Crippen molar-refractivity contribution in [2.45, 2.75) is 71.1 Å². The number of rotatable bonds is 7. The first-order chi connectivity index (χ1) is 9.94. The Morgan fingerprint density at radius 2 is 2.10 bits per heavy atom. The fraction of sp³-hybridized carbons (Fsp3) is 1.00. The van der Waals surface area contributed by atoms with Crippen LogP contribution in [0, 0.1) is 5.41 Å². The van der Waals surface area contributed by atoms with Crippen molar-refractivity contribution < 1.29 is 14.6 Å². The highest BCUT2D eigenvalue weighted by Gasteiger charge is 2.29. The molecule has 3 unspecified atom stereocenters. The van der Waals surface area contributed by atoms with Crippen LogP contribution in [-0.2, 0) is 9.47 Å². The first-order valence-electron chi connectivity index (χ1n) is 8.55. The third kappa shape index (κ3) is 6.23. The largest absolute Gasteiger partial charge is 0.389 e. The lowest BCUT2D eigenvalue weighted by molar-refractivity contribution is -0.0271. The van der Waals surface area contributed by atoms with Crippen LogP contribution in [0.5, 0.6) is 0 Å². The van der Waals surface area contributed by atoms with Crippen LogP contribution in [0.1, 0.15) is 52.9 Å². The Labute approximate surface area is 129 Å². The van der Waals surface area contributed by atoms with Gasteiger partial charge < -0.3 is 14.6 Å². The van der Waals surface area contributed by atoms with Gasteiger partial charge in [-0.1, -0.05) is 20.8 Å². The molecule has 3 atom stereocenters. The van der Waals surface area contributed by atoms with E-state index in [-0.39, 0.29) is 12.2 Å². The summed E-state index contributed by atoms with van der Waals surface area (Å²) in [5.74, 6) is 0. The summed E-state index contributed by atoms with van der Waals surface area (Å²) in [6.45, 7) is 10.7. The minimum Gasteiger partial charge on any atom is -0.389 e. The Bertz CT molecular complexity index is 297. The summed E-state index contributed by atoms with van der Waals surface area (Å²) in [4.78, 5) is 2.45.